The van der Waals surface area contributed by atoms with Crippen molar-refractivity contribution in [3.8, 4) is 11.1 Å². The third kappa shape index (κ3) is 3.02. The summed E-state index contributed by atoms with van der Waals surface area (Å²) < 4.78 is 18.4. The van der Waals surface area contributed by atoms with Crippen molar-refractivity contribution in [2.45, 2.75) is 26.4 Å². The van der Waals surface area contributed by atoms with Crippen LogP contribution in [0.3, 0.4) is 0 Å². The van der Waals surface area contributed by atoms with Gasteiger partial charge in [-0.15, -0.1) is 0 Å². The molecule has 1 aliphatic heterocycles. The number of hydrogen-bond donors (Lipinski definition) is 0. The molecule has 23 heavy (non-hydrogen) atoms. The number of cyclic esters (lactones) is 1. The molecule has 0 saturated carbocycles. The highest BCUT2D eigenvalue weighted by Gasteiger charge is 2.40. The molecule has 0 spiro atoms. The second-order valence-corrected chi connectivity index (χ2v) is 6.26. The van der Waals surface area contributed by atoms with Crippen molar-refractivity contribution in [1.29, 1.82) is 0 Å². The highest BCUT2D eigenvalue weighted by Crippen LogP contribution is 2.30. The number of anilines is 1. The van der Waals surface area contributed by atoms with Crippen molar-refractivity contribution in [2.75, 3.05) is 11.4 Å². The van der Waals surface area contributed by atoms with Crippen LogP contribution in [-0.4, -0.2) is 28.2 Å². The van der Waals surface area contributed by atoms with Gasteiger partial charge in [-0.2, -0.15) is 0 Å². The van der Waals surface area contributed by atoms with E-state index in [1.807, 2.05) is 20.8 Å². The van der Waals surface area contributed by atoms with Crippen LogP contribution >= 0.6 is 0 Å². The minimum atomic E-state index is -0.498. The van der Waals surface area contributed by atoms with Gasteiger partial charge >= 0.3 is 6.09 Å². The predicted molar refractivity (Wildman–Crippen MR) is 84.5 cm³/mol. The Morgan fingerprint density at radius 3 is 2.39 bits per heavy atom. The summed E-state index contributed by atoms with van der Waals surface area (Å²) in [5.74, 6) is 0.169. The third-order valence-electron chi connectivity index (χ3n) is 4.27. The molecule has 1 fully saturated rings. The van der Waals surface area contributed by atoms with E-state index in [2.05, 4.69) is 9.97 Å². The molecule has 1 saturated heterocycles. The number of rotatable bonds is 2. The van der Waals surface area contributed by atoms with E-state index in [1.54, 1.807) is 24.5 Å². The lowest BCUT2D eigenvalue weighted by molar-refractivity contribution is -0.0127. The van der Waals surface area contributed by atoms with Crippen LogP contribution in [0.25, 0.3) is 11.1 Å². The Morgan fingerprint density at radius 2 is 1.78 bits per heavy atom. The minimum Gasteiger partial charge on any atom is -0.443 e. The number of benzene rings is 1. The molecule has 2 heterocycles. The zero-order valence-electron chi connectivity index (χ0n) is 13.3. The molecule has 1 amide bonds. The molecule has 6 heteroatoms. The molecular formula is C17H18FN3O2. The summed E-state index contributed by atoms with van der Waals surface area (Å²) in [7, 11) is 0. The number of carbonyl (C=O) groups excluding carboxylic acids is 1. The molecule has 1 aromatic carbocycles. The van der Waals surface area contributed by atoms with Gasteiger partial charge in [0.1, 0.15) is 11.4 Å². The zero-order chi connectivity index (χ0) is 16.6. The van der Waals surface area contributed by atoms with Crippen molar-refractivity contribution in [1.82, 2.24) is 9.97 Å². The minimum absolute atomic E-state index is 0.153. The number of halogens is 1. The van der Waals surface area contributed by atoms with Crippen molar-refractivity contribution >= 4 is 12.0 Å². The maximum atomic E-state index is 13.0. The van der Waals surface area contributed by atoms with Gasteiger partial charge in [-0.05, 0) is 31.5 Å². The van der Waals surface area contributed by atoms with E-state index in [0.717, 1.165) is 11.1 Å². The summed E-state index contributed by atoms with van der Waals surface area (Å²) in [5, 5.41) is 0. The molecule has 1 aliphatic rings. The largest absolute Gasteiger partial charge is 0.443 e. The fourth-order valence-electron chi connectivity index (χ4n) is 2.36. The van der Waals surface area contributed by atoms with Crippen molar-refractivity contribution in [3.05, 3.63) is 42.5 Å². The highest BCUT2D eigenvalue weighted by molar-refractivity contribution is 5.86. The molecule has 0 N–H and O–H groups in total. The molecule has 1 unspecified atom stereocenters. The first-order valence-electron chi connectivity index (χ1n) is 7.45. The summed E-state index contributed by atoms with van der Waals surface area (Å²) in [5.41, 5.74) is 1.07. The predicted octanol–water partition coefficient (Wildman–Crippen LogP) is 3.65. The topological polar surface area (TPSA) is 55.3 Å². The fourth-order valence-corrected chi connectivity index (χ4v) is 2.36. The molecule has 0 aliphatic carbocycles. The first-order valence-corrected chi connectivity index (χ1v) is 7.45. The quantitative estimate of drug-likeness (QED) is 0.849. The number of nitrogens with zero attached hydrogens (tertiary/aromatic N) is 3. The third-order valence-corrected chi connectivity index (χ3v) is 4.27. The molecule has 120 valence electrons. The Hall–Kier alpha value is -2.50. The summed E-state index contributed by atoms with van der Waals surface area (Å²) in [4.78, 5) is 22.1. The highest BCUT2D eigenvalue weighted by atomic mass is 19.1. The van der Waals surface area contributed by atoms with Crippen LogP contribution in [-0.2, 0) is 4.74 Å². The van der Waals surface area contributed by atoms with Crippen LogP contribution in [0.15, 0.2) is 36.7 Å². The molecule has 1 atom stereocenters. The van der Waals surface area contributed by atoms with E-state index in [9.17, 15) is 9.18 Å². The van der Waals surface area contributed by atoms with E-state index in [-0.39, 0.29) is 11.7 Å². The molecule has 3 rings (SSSR count). The monoisotopic (exact) mass is 315 g/mol. The maximum Gasteiger partial charge on any atom is 0.417 e. The number of ether oxygens (including phenoxy) is 1. The lowest BCUT2D eigenvalue weighted by Gasteiger charge is -2.40. The normalized spacial score (nSPS) is 20.3. The van der Waals surface area contributed by atoms with Crippen molar-refractivity contribution in [3.63, 3.8) is 0 Å². The Bertz CT molecular complexity index is 714. The van der Waals surface area contributed by atoms with Crippen molar-refractivity contribution < 1.29 is 13.9 Å². The average molecular weight is 315 g/mol. The number of amides is 1. The van der Waals surface area contributed by atoms with Gasteiger partial charge < -0.3 is 4.74 Å². The summed E-state index contributed by atoms with van der Waals surface area (Å²) in [6.45, 7) is 6.31. The number of hydrogen-bond acceptors (Lipinski definition) is 4. The van der Waals surface area contributed by atoms with Crippen molar-refractivity contribution in [2.24, 2.45) is 5.92 Å². The van der Waals surface area contributed by atoms with E-state index >= 15 is 0 Å². The van der Waals surface area contributed by atoms with Gasteiger partial charge in [0.2, 0.25) is 5.95 Å². The Labute approximate surface area is 134 Å². The van der Waals surface area contributed by atoms with E-state index in [0.29, 0.717) is 12.5 Å². The Morgan fingerprint density at radius 1 is 1.17 bits per heavy atom. The van der Waals surface area contributed by atoms with Crippen LogP contribution in [0.1, 0.15) is 20.8 Å². The van der Waals surface area contributed by atoms with E-state index in [1.165, 1.54) is 17.0 Å². The molecule has 0 bridgehead atoms. The van der Waals surface area contributed by atoms with Gasteiger partial charge in [0.05, 0.1) is 0 Å². The fraction of sp³-hybridized carbons (Fsp3) is 0.353. The molecule has 0 radical (unpaired) electrons. The lowest BCUT2D eigenvalue weighted by Crippen LogP contribution is -2.52. The van der Waals surface area contributed by atoms with Crippen LogP contribution in [0.5, 0.6) is 0 Å². The molecule has 5 nitrogen and oxygen atoms in total. The van der Waals surface area contributed by atoms with Crippen LogP contribution < -0.4 is 4.90 Å². The smallest absolute Gasteiger partial charge is 0.417 e. The summed E-state index contributed by atoms with van der Waals surface area (Å²) in [6, 6.07) is 6.09. The Kier molecular flexibility index (Phi) is 3.75. The first kappa shape index (κ1) is 15.4. The van der Waals surface area contributed by atoms with Gasteiger partial charge in [0.15, 0.2) is 0 Å². The Balaban J connectivity index is 1.82. The number of carbonyl (C=O) groups is 1. The van der Waals surface area contributed by atoms with Gasteiger partial charge in [-0.25, -0.2) is 24.1 Å². The van der Waals surface area contributed by atoms with Crippen LogP contribution in [0.4, 0.5) is 15.1 Å². The summed E-state index contributed by atoms with van der Waals surface area (Å²) in [6.07, 6.45) is 2.79. The van der Waals surface area contributed by atoms with Crippen LogP contribution in [0.2, 0.25) is 0 Å². The average Bonchev–Trinajstić information content (AvgIpc) is 2.52. The molecular weight excluding hydrogens is 297 g/mol. The zero-order valence-corrected chi connectivity index (χ0v) is 13.3. The van der Waals surface area contributed by atoms with Gasteiger partial charge in [-0.1, -0.05) is 19.1 Å². The summed E-state index contributed by atoms with van der Waals surface area (Å²) >= 11 is 0. The second kappa shape index (κ2) is 5.61. The number of aromatic nitrogens is 2. The van der Waals surface area contributed by atoms with Crippen LogP contribution in [0, 0.1) is 11.7 Å². The second-order valence-electron chi connectivity index (χ2n) is 6.26. The first-order chi connectivity index (χ1) is 10.9. The van der Waals surface area contributed by atoms with Gasteiger partial charge in [0, 0.05) is 30.4 Å². The van der Waals surface area contributed by atoms with E-state index in [4.69, 9.17) is 4.74 Å². The van der Waals surface area contributed by atoms with Gasteiger partial charge in [-0.3, -0.25) is 0 Å². The lowest BCUT2D eigenvalue weighted by atomic mass is 9.91. The SMILES string of the molecule is CC1CN(c2ncc(-c3ccc(F)cc3)cn2)C(=O)OC1(C)C. The maximum absolute atomic E-state index is 13.0. The molecule has 1 aromatic heterocycles. The standard InChI is InChI=1S/C17H18FN3O2/c1-11-10-21(16(22)23-17(11,2)3)15-19-8-13(9-20-15)12-4-6-14(18)7-5-12/h4-9,11H,10H2,1-3H3. The van der Waals surface area contributed by atoms with Gasteiger partial charge in [0.25, 0.3) is 0 Å². The molecule has 2 aromatic rings. The van der Waals surface area contributed by atoms with E-state index < -0.39 is 11.7 Å².